The zero-order valence-electron chi connectivity index (χ0n) is 14.4. The van der Waals surface area contributed by atoms with Crippen molar-refractivity contribution in [2.75, 3.05) is 26.1 Å². The molecule has 0 unspecified atom stereocenters. The van der Waals surface area contributed by atoms with Crippen molar-refractivity contribution in [2.24, 2.45) is 4.99 Å². The quantitative estimate of drug-likeness (QED) is 0.181. The Hall–Kier alpha value is -1.42. The van der Waals surface area contributed by atoms with Crippen molar-refractivity contribution in [2.45, 2.75) is 39.5 Å². The number of nitrogens with one attached hydrogen (secondary N) is 1. The largest absolute Gasteiger partial charge is 0.373 e. The predicted molar refractivity (Wildman–Crippen MR) is 98.9 cm³/mol. The van der Waals surface area contributed by atoms with E-state index in [0.29, 0.717) is 0 Å². The summed E-state index contributed by atoms with van der Waals surface area (Å²) in [7, 11) is 2.01. The van der Waals surface area contributed by atoms with Crippen LogP contribution in [0.15, 0.2) is 41.6 Å². The van der Waals surface area contributed by atoms with Crippen molar-refractivity contribution >= 4 is 18.3 Å². The number of halogens is 1. The first-order valence-electron chi connectivity index (χ1n) is 7.87. The van der Waals surface area contributed by atoms with Gasteiger partial charge in [0, 0.05) is 20.1 Å². The fraction of sp³-hybridized carbons (Fsp3) is 0.588. The van der Waals surface area contributed by atoms with Crippen molar-refractivity contribution in [3.05, 3.63) is 36.6 Å². The molecule has 0 radical (unpaired) electrons. The second kappa shape index (κ2) is 12.2. The van der Waals surface area contributed by atoms with Gasteiger partial charge in [-0.2, -0.15) is 0 Å². The van der Waals surface area contributed by atoms with Crippen LogP contribution >= 0.6 is 11.6 Å². The highest BCUT2D eigenvalue weighted by Crippen LogP contribution is 2.19. The Bertz CT molecular complexity index is 390. The molecular weight excluding hydrogens is 296 g/mol. The zero-order chi connectivity index (χ0) is 17.0. The van der Waals surface area contributed by atoms with E-state index in [1.807, 2.05) is 11.9 Å². The number of likely N-dealkylation sites (N-methyl/N-ethyl adjacent to an activating group) is 1. The van der Waals surface area contributed by atoms with Crippen molar-refractivity contribution in [1.82, 2.24) is 15.1 Å². The van der Waals surface area contributed by atoms with Crippen LogP contribution in [0.3, 0.4) is 0 Å². The lowest BCUT2D eigenvalue weighted by Crippen LogP contribution is -2.29. The molecule has 0 fully saturated rings. The fourth-order valence-corrected chi connectivity index (χ4v) is 2.30. The maximum atomic E-state index is 5.89. The zero-order valence-corrected chi connectivity index (χ0v) is 15.1. The molecule has 0 spiro atoms. The van der Waals surface area contributed by atoms with Gasteiger partial charge in [-0.25, -0.2) is 4.99 Å². The molecule has 0 atom stereocenters. The van der Waals surface area contributed by atoms with E-state index in [-0.39, 0.29) is 6.00 Å². The average molecular weight is 327 g/mol. The third-order valence-corrected chi connectivity index (χ3v) is 3.55. The van der Waals surface area contributed by atoms with Gasteiger partial charge in [-0.15, -0.1) is 11.6 Å². The lowest BCUT2D eigenvalue weighted by Gasteiger charge is -2.28. The summed E-state index contributed by atoms with van der Waals surface area (Å²) in [6.07, 6.45) is 6.24. The molecule has 0 aliphatic carbocycles. The molecule has 0 aliphatic rings. The van der Waals surface area contributed by atoms with E-state index in [4.69, 9.17) is 11.6 Å². The Morgan fingerprint density at radius 1 is 1.23 bits per heavy atom. The van der Waals surface area contributed by atoms with Gasteiger partial charge in [0.15, 0.2) is 5.82 Å². The number of aliphatic imine (C=N–C) groups is 1. The molecule has 0 bridgehead atoms. The minimum atomic E-state index is 0.285. The summed E-state index contributed by atoms with van der Waals surface area (Å²) < 4.78 is 0. The standard InChI is InChI=1S/C17H31ClN4/c1-7-10-11-13-22(9-3)17(19-5)16(20-14-18)15(4)21(6)12-8-2/h9,20H,3-5,7-8,10-14H2,1-2,6H3/b17-16+. The molecule has 0 aromatic heterocycles. The molecule has 0 heterocycles. The van der Waals surface area contributed by atoms with Crippen molar-refractivity contribution in [3.63, 3.8) is 0 Å². The van der Waals surface area contributed by atoms with Gasteiger partial charge < -0.3 is 15.1 Å². The summed E-state index contributed by atoms with van der Waals surface area (Å²) in [6.45, 7) is 17.9. The molecule has 126 valence electrons. The van der Waals surface area contributed by atoms with Crippen molar-refractivity contribution in [3.8, 4) is 0 Å². The smallest absolute Gasteiger partial charge is 0.157 e. The summed E-state index contributed by atoms with van der Waals surface area (Å²) in [4.78, 5) is 8.29. The van der Waals surface area contributed by atoms with Crippen molar-refractivity contribution in [1.29, 1.82) is 0 Å². The Balaban J connectivity index is 5.43. The number of unbranched alkanes of at least 4 members (excludes halogenated alkanes) is 2. The maximum absolute atomic E-state index is 5.89. The SMILES string of the molecule is C=CN(CCCCC)/C(N=C)=C(/NCCl)C(=C)N(C)CCC. The summed E-state index contributed by atoms with van der Waals surface area (Å²) >= 11 is 5.89. The Labute approximate surface area is 141 Å². The number of alkyl halides is 1. The van der Waals surface area contributed by atoms with Gasteiger partial charge in [-0.3, -0.25) is 0 Å². The molecule has 0 amide bonds. The van der Waals surface area contributed by atoms with E-state index < -0.39 is 0 Å². The number of hydrogen-bond acceptors (Lipinski definition) is 4. The second-order valence-corrected chi connectivity index (χ2v) is 5.39. The Kier molecular flexibility index (Phi) is 11.4. The third-order valence-electron chi connectivity index (χ3n) is 3.42. The van der Waals surface area contributed by atoms with Gasteiger partial charge in [0.1, 0.15) is 5.70 Å². The van der Waals surface area contributed by atoms with Crippen LogP contribution in [0, 0.1) is 0 Å². The number of nitrogens with zero attached hydrogens (tertiary/aromatic N) is 3. The van der Waals surface area contributed by atoms with Crippen LogP contribution < -0.4 is 5.32 Å². The molecule has 0 saturated heterocycles. The van der Waals surface area contributed by atoms with Gasteiger partial charge >= 0.3 is 0 Å². The average Bonchev–Trinajstić information content (AvgIpc) is 2.52. The predicted octanol–water partition coefficient (Wildman–Crippen LogP) is 4.13. The van der Waals surface area contributed by atoms with Crippen LogP contribution in [0.5, 0.6) is 0 Å². The van der Waals surface area contributed by atoms with Gasteiger partial charge in [-0.1, -0.05) is 39.8 Å². The number of hydrogen-bond donors (Lipinski definition) is 1. The highest BCUT2D eigenvalue weighted by Gasteiger charge is 2.16. The molecule has 1 N–H and O–H groups in total. The molecule has 4 nitrogen and oxygen atoms in total. The van der Waals surface area contributed by atoms with Crippen molar-refractivity contribution < 1.29 is 0 Å². The third kappa shape index (κ3) is 6.56. The lowest BCUT2D eigenvalue weighted by molar-refractivity contribution is 0.401. The lowest BCUT2D eigenvalue weighted by atomic mass is 10.2. The summed E-state index contributed by atoms with van der Waals surface area (Å²) in [5, 5.41) is 3.16. The van der Waals surface area contributed by atoms with E-state index in [2.05, 4.69) is 48.9 Å². The molecule has 0 rings (SSSR count). The highest BCUT2D eigenvalue weighted by molar-refractivity contribution is 6.17. The molecule has 0 aromatic rings. The molecule has 5 heteroatoms. The minimum absolute atomic E-state index is 0.285. The summed E-state index contributed by atoms with van der Waals surface area (Å²) in [5.41, 5.74) is 1.66. The highest BCUT2D eigenvalue weighted by atomic mass is 35.5. The molecule has 22 heavy (non-hydrogen) atoms. The summed E-state index contributed by atoms with van der Waals surface area (Å²) in [5.74, 6) is 0.722. The normalized spacial score (nSPS) is 11.5. The van der Waals surface area contributed by atoms with Crippen LogP contribution in [0.25, 0.3) is 0 Å². The van der Waals surface area contributed by atoms with Crippen LogP contribution in [-0.2, 0) is 0 Å². The molecule has 0 aliphatic heterocycles. The monoisotopic (exact) mass is 326 g/mol. The van der Waals surface area contributed by atoms with Gasteiger partial charge in [0.25, 0.3) is 0 Å². The van der Waals surface area contributed by atoms with Gasteiger partial charge in [0.05, 0.1) is 11.7 Å². The molecular formula is C17H31ClN4. The Morgan fingerprint density at radius 2 is 1.91 bits per heavy atom. The van der Waals surface area contributed by atoms with E-state index >= 15 is 0 Å². The second-order valence-electron chi connectivity index (χ2n) is 5.12. The first-order chi connectivity index (χ1) is 10.6. The van der Waals surface area contributed by atoms with Crippen LogP contribution in [0.4, 0.5) is 0 Å². The van der Waals surface area contributed by atoms with Crippen LogP contribution in [0.1, 0.15) is 39.5 Å². The topological polar surface area (TPSA) is 30.9 Å². The first-order valence-corrected chi connectivity index (χ1v) is 8.41. The fourth-order valence-electron chi connectivity index (χ4n) is 2.17. The molecule has 0 saturated carbocycles. The number of rotatable bonds is 13. The summed E-state index contributed by atoms with van der Waals surface area (Å²) in [6, 6.07) is 0.285. The first kappa shape index (κ1) is 20.6. The van der Waals surface area contributed by atoms with Gasteiger partial charge in [0.2, 0.25) is 0 Å². The van der Waals surface area contributed by atoms with E-state index in [0.717, 1.165) is 43.1 Å². The minimum Gasteiger partial charge on any atom is -0.373 e. The van der Waals surface area contributed by atoms with Gasteiger partial charge in [-0.05, 0) is 25.8 Å². The molecule has 0 aromatic carbocycles. The van der Waals surface area contributed by atoms with Crippen LogP contribution in [0.2, 0.25) is 0 Å². The van der Waals surface area contributed by atoms with E-state index in [1.165, 1.54) is 12.8 Å². The van der Waals surface area contributed by atoms with E-state index in [1.54, 1.807) is 6.20 Å². The van der Waals surface area contributed by atoms with Crippen LogP contribution in [-0.4, -0.2) is 42.7 Å². The Morgan fingerprint density at radius 3 is 2.36 bits per heavy atom. The van der Waals surface area contributed by atoms with E-state index in [9.17, 15) is 0 Å². The maximum Gasteiger partial charge on any atom is 0.157 e.